The number of benzene rings is 1. The van der Waals surface area contributed by atoms with Gasteiger partial charge in [0.05, 0.1) is 12.2 Å². The van der Waals surface area contributed by atoms with Crippen LogP contribution in [-0.2, 0) is 6.42 Å². The first-order valence-electron chi connectivity index (χ1n) is 5.71. The predicted molar refractivity (Wildman–Crippen MR) is 67.2 cm³/mol. The van der Waals surface area contributed by atoms with Crippen LogP contribution in [0.1, 0.15) is 42.1 Å². The van der Waals surface area contributed by atoms with Crippen molar-refractivity contribution in [2.45, 2.75) is 32.6 Å². The Hall–Kier alpha value is -0.830. The first-order chi connectivity index (χ1) is 7.74. The summed E-state index contributed by atoms with van der Waals surface area (Å²) in [6, 6.07) is 3.86. The fourth-order valence-corrected chi connectivity index (χ4v) is 2.49. The second kappa shape index (κ2) is 5.00. The van der Waals surface area contributed by atoms with E-state index in [2.05, 4.69) is 22.9 Å². The third-order valence-corrected chi connectivity index (χ3v) is 3.60. The molecular weight excluding hydrogens is 268 g/mol. The molecule has 2 rings (SSSR count). The highest BCUT2D eigenvalue weighted by molar-refractivity contribution is 9.10. The molecule has 2 nitrogen and oxygen atoms in total. The Morgan fingerprint density at radius 3 is 2.94 bits per heavy atom. The summed E-state index contributed by atoms with van der Waals surface area (Å²) < 4.78 is 6.70. The summed E-state index contributed by atoms with van der Waals surface area (Å²) in [4.78, 5) is 11.8. The van der Waals surface area contributed by atoms with Crippen molar-refractivity contribution in [1.29, 1.82) is 0 Å². The molecule has 0 saturated carbocycles. The van der Waals surface area contributed by atoms with E-state index < -0.39 is 0 Å². The molecule has 0 heterocycles. The highest BCUT2D eigenvalue weighted by Gasteiger charge is 2.25. The van der Waals surface area contributed by atoms with Crippen molar-refractivity contribution in [2.75, 3.05) is 6.61 Å². The number of carbonyl (C=O) groups is 1. The van der Waals surface area contributed by atoms with Crippen molar-refractivity contribution in [1.82, 2.24) is 0 Å². The lowest BCUT2D eigenvalue weighted by molar-refractivity contribution is 0.0991. The van der Waals surface area contributed by atoms with Crippen LogP contribution in [-0.4, -0.2) is 12.4 Å². The van der Waals surface area contributed by atoms with Crippen LogP contribution in [0, 0.1) is 0 Å². The molecule has 0 bridgehead atoms. The number of hydrogen-bond donors (Lipinski definition) is 0. The quantitative estimate of drug-likeness (QED) is 0.786. The van der Waals surface area contributed by atoms with Gasteiger partial charge in [-0.3, -0.25) is 4.79 Å². The van der Waals surface area contributed by atoms with Crippen LogP contribution >= 0.6 is 15.9 Å². The highest BCUT2D eigenvalue weighted by atomic mass is 79.9. The van der Waals surface area contributed by atoms with Gasteiger partial charge in [-0.2, -0.15) is 0 Å². The van der Waals surface area contributed by atoms with Crippen LogP contribution in [0.5, 0.6) is 5.75 Å². The van der Waals surface area contributed by atoms with Crippen molar-refractivity contribution in [3.63, 3.8) is 0 Å². The van der Waals surface area contributed by atoms with Crippen LogP contribution in [0.25, 0.3) is 0 Å². The van der Waals surface area contributed by atoms with Gasteiger partial charge in [-0.05, 0) is 30.5 Å². The fourth-order valence-electron chi connectivity index (χ4n) is 1.96. The number of fused-ring (bicyclic) bond motifs is 1. The van der Waals surface area contributed by atoms with Gasteiger partial charge in [0.15, 0.2) is 5.78 Å². The van der Waals surface area contributed by atoms with E-state index in [0.717, 1.165) is 40.6 Å². The minimum Gasteiger partial charge on any atom is -0.493 e. The van der Waals surface area contributed by atoms with Crippen molar-refractivity contribution in [3.05, 3.63) is 27.7 Å². The van der Waals surface area contributed by atoms with E-state index in [1.165, 1.54) is 0 Å². The number of halogens is 1. The summed E-state index contributed by atoms with van der Waals surface area (Å²) in [7, 11) is 0. The summed E-state index contributed by atoms with van der Waals surface area (Å²) in [6.07, 6.45) is 3.58. The predicted octanol–water partition coefficient (Wildman–Crippen LogP) is 3.76. The molecule has 1 aliphatic rings. The maximum Gasteiger partial charge on any atom is 0.167 e. The summed E-state index contributed by atoms with van der Waals surface area (Å²) >= 11 is 3.48. The molecule has 0 fully saturated rings. The molecule has 0 atom stereocenters. The lowest BCUT2D eigenvalue weighted by Gasteiger charge is -2.10. The van der Waals surface area contributed by atoms with Crippen LogP contribution in [0.15, 0.2) is 16.6 Å². The molecule has 1 aromatic carbocycles. The molecule has 0 aliphatic heterocycles. The zero-order chi connectivity index (χ0) is 11.5. The molecule has 1 aliphatic carbocycles. The fraction of sp³-hybridized carbons (Fsp3) is 0.462. The summed E-state index contributed by atoms with van der Waals surface area (Å²) in [6.45, 7) is 2.82. The van der Waals surface area contributed by atoms with E-state index in [9.17, 15) is 4.79 Å². The molecule has 0 N–H and O–H groups in total. The number of hydrogen-bond acceptors (Lipinski definition) is 2. The van der Waals surface area contributed by atoms with Gasteiger partial charge in [0, 0.05) is 10.9 Å². The molecule has 0 spiro atoms. The Labute approximate surface area is 104 Å². The Morgan fingerprint density at radius 2 is 2.19 bits per heavy atom. The van der Waals surface area contributed by atoms with Gasteiger partial charge in [0.1, 0.15) is 5.75 Å². The van der Waals surface area contributed by atoms with E-state index in [0.29, 0.717) is 13.0 Å². The minimum atomic E-state index is 0.211. The van der Waals surface area contributed by atoms with Gasteiger partial charge < -0.3 is 4.74 Å². The number of ketones is 1. The van der Waals surface area contributed by atoms with E-state index in [-0.39, 0.29) is 5.78 Å². The molecule has 0 amide bonds. The van der Waals surface area contributed by atoms with Gasteiger partial charge in [0.25, 0.3) is 0 Å². The number of Topliss-reactive ketones (excluding diaryl/α,β-unsaturated/α-hetero) is 1. The van der Waals surface area contributed by atoms with E-state index in [1.807, 2.05) is 12.1 Å². The van der Waals surface area contributed by atoms with Crippen LogP contribution < -0.4 is 4.74 Å². The SMILES string of the molecule is CCCCOc1ccc(Br)c2c1C(=O)CC2. The number of unbranched alkanes of at least 4 members (excludes halogenated alkanes) is 1. The normalized spacial score (nSPS) is 14.0. The molecule has 0 aromatic heterocycles. The Kier molecular flexibility index (Phi) is 3.64. The summed E-state index contributed by atoms with van der Waals surface area (Å²) in [5.41, 5.74) is 1.91. The Morgan fingerprint density at radius 1 is 1.38 bits per heavy atom. The second-order valence-electron chi connectivity index (χ2n) is 4.02. The van der Waals surface area contributed by atoms with E-state index in [1.54, 1.807) is 0 Å². The highest BCUT2D eigenvalue weighted by Crippen LogP contribution is 2.35. The standard InChI is InChI=1S/C13H15BrO2/c1-2-3-8-16-12-7-5-10(14)9-4-6-11(15)13(9)12/h5,7H,2-4,6,8H2,1H3. The van der Waals surface area contributed by atoms with Gasteiger partial charge in [-0.25, -0.2) is 0 Å². The number of ether oxygens (including phenoxy) is 1. The van der Waals surface area contributed by atoms with E-state index >= 15 is 0 Å². The first-order valence-corrected chi connectivity index (χ1v) is 6.50. The zero-order valence-corrected chi connectivity index (χ0v) is 11.0. The summed E-state index contributed by atoms with van der Waals surface area (Å²) in [5.74, 6) is 0.969. The molecule has 3 heteroatoms. The van der Waals surface area contributed by atoms with Crippen LogP contribution in [0.3, 0.4) is 0 Å². The van der Waals surface area contributed by atoms with Gasteiger partial charge in [0.2, 0.25) is 0 Å². The minimum absolute atomic E-state index is 0.211. The lowest BCUT2D eigenvalue weighted by atomic mass is 10.1. The molecule has 16 heavy (non-hydrogen) atoms. The van der Waals surface area contributed by atoms with Crippen LogP contribution in [0.2, 0.25) is 0 Å². The van der Waals surface area contributed by atoms with Crippen molar-refractivity contribution in [3.8, 4) is 5.75 Å². The monoisotopic (exact) mass is 282 g/mol. The maximum atomic E-state index is 11.8. The van der Waals surface area contributed by atoms with Gasteiger partial charge in [-0.15, -0.1) is 0 Å². The first kappa shape index (κ1) is 11.6. The molecule has 0 saturated heterocycles. The molecule has 86 valence electrons. The zero-order valence-electron chi connectivity index (χ0n) is 9.38. The van der Waals surface area contributed by atoms with Crippen LogP contribution in [0.4, 0.5) is 0 Å². The molecule has 0 unspecified atom stereocenters. The maximum absolute atomic E-state index is 11.8. The molecular formula is C13H15BrO2. The third-order valence-electron chi connectivity index (χ3n) is 2.85. The topological polar surface area (TPSA) is 26.3 Å². The lowest BCUT2D eigenvalue weighted by Crippen LogP contribution is -2.02. The number of rotatable bonds is 4. The Bertz CT molecular complexity index is 413. The number of carbonyl (C=O) groups excluding carboxylic acids is 1. The van der Waals surface area contributed by atoms with Crippen molar-refractivity contribution < 1.29 is 9.53 Å². The third kappa shape index (κ3) is 2.14. The average molecular weight is 283 g/mol. The average Bonchev–Trinajstić information content (AvgIpc) is 2.66. The molecule has 0 radical (unpaired) electrons. The summed E-state index contributed by atoms with van der Waals surface area (Å²) in [5, 5.41) is 0. The molecule has 1 aromatic rings. The van der Waals surface area contributed by atoms with Crippen molar-refractivity contribution in [2.24, 2.45) is 0 Å². The van der Waals surface area contributed by atoms with Crippen molar-refractivity contribution >= 4 is 21.7 Å². The van der Waals surface area contributed by atoms with Gasteiger partial charge >= 0.3 is 0 Å². The van der Waals surface area contributed by atoms with Gasteiger partial charge in [-0.1, -0.05) is 29.3 Å². The second-order valence-corrected chi connectivity index (χ2v) is 4.88. The van der Waals surface area contributed by atoms with E-state index in [4.69, 9.17) is 4.74 Å². The Balaban J connectivity index is 2.26. The largest absolute Gasteiger partial charge is 0.493 e. The smallest absolute Gasteiger partial charge is 0.167 e.